The van der Waals surface area contributed by atoms with Crippen LogP contribution in [0.3, 0.4) is 0 Å². The second-order valence-electron chi connectivity index (χ2n) is 4.69. The second-order valence-corrected chi connectivity index (χ2v) is 5.09. The molecule has 0 saturated carbocycles. The molecule has 0 bridgehead atoms. The van der Waals surface area contributed by atoms with Crippen molar-refractivity contribution in [2.24, 2.45) is 0 Å². The Labute approximate surface area is 120 Å². The molecule has 2 aromatic rings. The molecule has 1 aliphatic heterocycles. The molecule has 0 aliphatic carbocycles. The van der Waals surface area contributed by atoms with Crippen LogP contribution in [0, 0.1) is 0 Å². The Morgan fingerprint density at radius 2 is 2.20 bits per heavy atom. The van der Waals surface area contributed by atoms with Crippen LogP contribution >= 0.6 is 11.6 Å². The Balaban J connectivity index is 1.86. The molecule has 1 fully saturated rings. The average molecular weight is 290 g/mol. The number of benzene rings is 1. The Morgan fingerprint density at radius 3 is 2.95 bits per heavy atom. The zero-order valence-electron chi connectivity index (χ0n) is 10.5. The van der Waals surface area contributed by atoms with E-state index in [2.05, 4.69) is 15.6 Å². The number of para-hydroxylation sites is 1. The second kappa shape index (κ2) is 5.09. The Kier molecular flexibility index (Phi) is 3.28. The molecule has 1 aromatic heterocycles. The van der Waals surface area contributed by atoms with E-state index in [1.165, 1.54) is 0 Å². The predicted molar refractivity (Wildman–Crippen MR) is 75.6 cm³/mol. The van der Waals surface area contributed by atoms with Crippen LogP contribution in [0.25, 0.3) is 10.9 Å². The number of carbonyl (C=O) groups is 2. The number of fused-ring (bicyclic) bond motifs is 1. The van der Waals surface area contributed by atoms with Gasteiger partial charge in [-0.2, -0.15) is 0 Å². The van der Waals surface area contributed by atoms with E-state index >= 15 is 0 Å². The molecular formula is C14H12ClN3O2. The number of halogens is 1. The van der Waals surface area contributed by atoms with Crippen LogP contribution in [-0.4, -0.2) is 29.4 Å². The summed E-state index contributed by atoms with van der Waals surface area (Å²) in [5.74, 6) is -0.376. The number of aromatic nitrogens is 1. The Morgan fingerprint density at radius 1 is 1.40 bits per heavy atom. The smallest absolute Gasteiger partial charge is 0.270 e. The maximum absolute atomic E-state index is 12.1. The number of amides is 2. The summed E-state index contributed by atoms with van der Waals surface area (Å²) >= 11 is 6.16. The number of hydrogen-bond donors (Lipinski definition) is 2. The topological polar surface area (TPSA) is 71.1 Å². The molecule has 1 unspecified atom stereocenters. The van der Waals surface area contributed by atoms with Gasteiger partial charge in [-0.15, -0.1) is 0 Å². The molecule has 2 N–H and O–H groups in total. The van der Waals surface area contributed by atoms with Gasteiger partial charge in [0.05, 0.1) is 16.6 Å². The molecule has 1 atom stereocenters. The fourth-order valence-electron chi connectivity index (χ4n) is 2.22. The minimum atomic E-state index is -0.320. The SMILES string of the molecule is O=C1CC(NC(=O)c2cc(Cl)c3ccccc3n2)CN1. The van der Waals surface area contributed by atoms with Gasteiger partial charge in [-0.25, -0.2) is 4.98 Å². The fourth-order valence-corrected chi connectivity index (χ4v) is 2.48. The molecule has 6 heteroatoms. The van der Waals surface area contributed by atoms with Crippen LogP contribution in [0.5, 0.6) is 0 Å². The van der Waals surface area contributed by atoms with Crippen LogP contribution < -0.4 is 10.6 Å². The lowest BCUT2D eigenvalue weighted by atomic mass is 10.2. The van der Waals surface area contributed by atoms with Gasteiger partial charge >= 0.3 is 0 Å². The monoisotopic (exact) mass is 289 g/mol. The molecule has 0 spiro atoms. The van der Waals surface area contributed by atoms with Crippen LogP contribution in [0.2, 0.25) is 5.02 Å². The molecule has 1 aromatic carbocycles. The maximum Gasteiger partial charge on any atom is 0.270 e. The highest BCUT2D eigenvalue weighted by molar-refractivity contribution is 6.35. The van der Waals surface area contributed by atoms with E-state index in [1.807, 2.05) is 18.2 Å². The summed E-state index contributed by atoms with van der Waals surface area (Å²) in [6, 6.07) is 8.72. The summed E-state index contributed by atoms with van der Waals surface area (Å²) in [6.45, 7) is 0.450. The minimum Gasteiger partial charge on any atom is -0.354 e. The molecule has 5 nitrogen and oxygen atoms in total. The number of pyridine rings is 1. The first-order valence-electron chi connectivity index (χ1n) is 6.26. The van der Waals surface area contributed by atoms with Gasteiger partial charge < -0.3 is 10.6 Å². The van der Waals surface area contributed by atoms with Crippen molar-refractivity contribution in [1.29, 1.82) is 0 Å². The van der Waals surface area contributed by atoms with Crippen LogP contribution in [0.4, 0.5) is 0 Å². The molecular weight excluding hydrogens is 278 g/mol. The molecule has 2 amide bonds. The molecule has 3 rings (SSSR count). The van der Waals surface area contributed by atoms with Crippen LogP contribution in [0.15, 0.2) is 30.3 Å². The van der Waals surface area contributed by atoms with Crippen molar-refractivity contribution in [2.45, 2.75) is 12.5 Å². The van der Waals surface area contributed by atoms with E-state index in [9.17, 15) is 9.59 Å². The zero-order chi connectivity index (χ0) is 14.1. The number of hydrogen-bond acceptors (Lipinski definition) is 3. The van der Waals surface area contributed by atoms with Crippen molar-refractivity contribution in [2.75, 3.05) is 6.54 Å². The van der Waals surface area contributed by atoms with Crippen molar-refractivity contribution >= 4 is 34.3 Å². The number of carbonyl (C=O) groups excluding carboxylic acids is 2. The molecule has 2 heterocycles. The van der Waals surface area contributed by atoms with Crippen molar-refractivity contribution in [3.05, 3.63) is 41.0 Å². The zero-order valence-corrected chi connectivity index (χ0v) is 11.3. The highest BCUT2D eigenvalue weighted by Crippen LogP contribution is 2.22. The molecule has 0 radical (unpaired) electrons. The van der Waals surface area contributed by atoms with Gasteiger partial charge in [-0.1, -0.05) is 29.8 Å². The minimum absolute atomic E-state index is 0.0557. The lowest BCUT2D eigenvalue weighted by Gasteiger charge is -2.10. The van der Waals surface area contributed by atoms with Gasteiger partial charge in [-0.3, -0.25) is 9.59 Å². The highest BCUT2D eigenvalue weighted by atomic mass is 35.5. The van der Waals surface area contributed by atoms with Crippen LogP contribution in [-0.2, 0) is 4.79 Å². The van der Waals surface area contributed by atoms with Crippen molar-refractivity contribution in [3.63, 3.8) is 0 Å². The summed E-state index contributed by atoms with van der Waals surface area (Å²) in [6.07, 6.45) is 0.299. The highest BCUT2D eigenvalue weighted by Gasteiger charge is 2.24. The van der Waals surface area contributed by atoms with Gasteiger partial charge in [0, 0.05) is 18.4 Å². The van der Waals surface area contributed by atoms with Gasteiger partial charge in [-0.05, 0) is 12.1 Å². The van der Waals surface area contributed by atoms with Gasteiger partial charge in [0.1, 0.15) is 5.69 Å². The maximum atomic E-state index is 12.1. The first-order chi connectivity index (χ1) is 9.63. The third kappa shape index (κ3) is 2.44. The fraction of sp³-hybridized carbons (Fsp3) is 0.214. The van der Waals surface area contributed by atoms with Crippen LogP contribution in [0.1, 0.15) is 16.9 Å². The summed E-state index contributed by atoms with van der Waals surface area (Å²) in [5.41, 5.74) is 0.929. The first kappa shape index (κ1) is 12.9. The summed E-state index contributed by atoms with van der Waals surface area (Å²) in [4.78, 5) is 27.5. The summed E-state index contributed by atoms with van der Waals surface area (Å²) in [7, 11) is 0. The van der Waals surface area contributed by atoms with Crippen molar-refractivity contribution < 1.29 is 9.59 Å². The van der Waals surface area contributed by atoms with E-state index in [0.29, 0.717) is 23.5 Å². The molecule has 1 aliphatic rings. The largest absolute Gasteiger partial charge is 0.354 e. The van der Waals surface area contributed by atoms with E-state index in [0.717, 1.165) is 5.39 Å². The number of rotatable bonds is 2. The molecule has 1 saturated heterocycles. The summed E-state index contributed by atoms with van der Waals surface area (Å²) in [5, 5.41) is 6.74. The third-order valence-electron chi connectivity index (χ3n) is 3.21. The quantitative estimate of drug-likeness (QED) is 0.880. The number of nitrogens with zero attached hydrogens (tertiary/aromatic N) is 1. The summed E-state index contributed by atoms with van der Waals surface area (Å²) < 4.78 is 0. The lowest BCUT2D eigenvalue weighted by molar-refractivity contribution is -0.119. The van der Waals surface area contributed by atoms with E-state index in [4.69, 9.17) is 11.6 Å². The standard InChI is InChI=1S/C14H12ClN3O2/c15-10-6-12(18-11-4-2-1-3-9(10)11)14(20)17-8-5-13(19)16-7-8/h1-4,6,8H,5,7H2,(H,16,19)(H,17,20). The lowest BCUT2D eigenvalue weighted by Crippen LogP contribution is -2.36. The first-order valence-corrected chi connectivity index (χ1v) is 6.64. The Hall–Kier alpha value is -2.14. The normalized spacial score (nSPS) is 18.1. The van der Waals surface area contributed by atoms with Gasteiger partial charge in [0.25, 0.3) is 5.91 Å². The average Bonchev–Trinajstić information content (AvgIpc) is 2.84. The van der Waals surface area contributed by atoms with Gasteiger partial charge in [0.2, 0.25) is 5.91 Å². The van der Waals surface area contributed by atoms with E-state index in [1.54, 1.807) is 12.1 Å². The number of nitrogens with one attached hydrogen (secondary N) is 2. The molecule has 102 valence electrons. The van der Waals surface area contributed by atoms with Gasteiger partial charge in [0.15, 0.2) is 0 Å². The Bertz CT molecular complexity index is 702. The molecule has 20 heavy (non-hydrogen) atoms. The van der Waals surface area contributed by atoms with Crippen molar-refractivity contribution in [1.82, 2.24) is 15.6 Å². The predicted octanol–water partition coefficient (Wildman–Crippen LogP) is 1.51. The van der Waals surface area contributed by atoms with E-state index < -0.39 is 0 Å². The third-order valence-corrected chi connectivity index (χ3v) is 3.52. The van der Waals surface area contributed by atoms with Crippen molar-refractivity contribution in [3.8, 4) is 0 Å². The van der Waals surface area contributed by atoms with E-state index in [-0.39, 0.29) is 23.6 Å².